The van der Waals surface area contributed by atoms with Crippen LogP contribution in [0, 0.1) is 11.8 Å². The van der Waals surface area contributed by atoms with Crippen molar-refractivity contribution < 1.29 is 9.90 Å². The molecule has 0 aromatic carbocycles. The third kappa shape index (κ3) is 3.04. The maximum atomic E-state index is 12.5. The molecule has 2 rings (SSSR count). The van der Waals surface area contributed by atoms with Crippen LogP contribution in [0.1, 0.15) is 39.5 Å². The van der Waals surface area contributed by atoms with Crippen molar-refractivity contribution in [2.75, 3.05) is 19.6 Å². The summed E-state index contributed by atoms with van der Waals surface area (Å²) >= 11 is 0. The Kier molecular flexibility index (Phi) is 4.62. The van der Waals surface area contributed by atoms with Crippen LogP contribution >= 0.6 is 0 Å². The summed E-state index contributed by atoms with van der Waals surface area (Å²) in [7, 11) is 0. The predicted molar refractivity (Wildman–Crippen MR) is 71.2 cm³/mol. The van der Waals surface area contributed by atoms with Gasteiger partial charge < -0.3 is 15.3 Å². The quantitative estimate of drug-likeness (QED) is 0.773. The molecule has 2 N–H and O–H groups in total. The first-order valence-corrected chi connectivity index (χ1v) is 7.30. The number of hydrogen-bond donors (Lipinski definition) is 2. The van der Waals surface area contributed by atoms with Crippen molar-refractivity contribution in [3.8, 4) is 0 Å². The molecule has 2 aliphatic heterocycles. The number of carbonyl (C=O) groups is 1. The highest BCUT2D eigenvalue weighted by Crippen LogP contribution is 2.25. The van der Waals surface area contributed by atoms with Gasteiger partial charge in [0.15, 0.2) is 0 Å². The van der Waals surface area contributed by atoms with E-state index in [1.165, 1.54) is 0 Å². The first-order valence-electron chi connectivity index (χ1n) is 7.30. The number of aliphatic hydroxyl groups excluding tert-OH is 1. The molecular formula is C14H26N2O2. The highest BCUT2D eigenvalue weighted by molar-refractivity contribution is 5.79. The minimum atomic E-state index is -0.238. The van der Waals surface area contributed by atoms with Gasteiger partial charge in [0.05, 0.1) is 12.0 Å². The van der Waals surface area contributed by atoms with Crippen molar-refractivity contribution in [1.82, 2.24) is 10.2 Å². The molecule has 2 heterocycles. The van der Waals surface area contributed by atoms with Gasteiger partial charge in [0.2, 0.25) is 5.91 Å². The molecule has 0 aromatic heterocycles. The van der Waals surface area contributed by atoms with E-state index < -0.39 is 0 Å². The third-order valence-corrected chi connectivity index (χ3v) is 4.61. The maximum Gasteiger partial charge on any atom is 0.227 e. The molecule has 3 unspecified atom stereocenters. The predicted octanol–water partition coefficient (Wildman–Crippen LogP) is 0.994. The summed E-state index contributed by atoms with van der Waals surface area (Å²) in [6.07, 6.45) is 3.77. The number of hydrogen-bond acceptors (Lipinski definition) is 3. The largest absolute Gasteiger partial charge is 0.393 e. The van der Waals surface area contributed by atoms with Crippen LogP contribution < -0.4 is 5.32 Å². The van der Waals surface area contributed by atoms with Crippen molar-refractivity contribution in [2.45, 2.75) is 51.7 Å². The van der Waals surface area contributed by atoms with Crippen molar-refractivity contribution in [2.24, 2.45) is 11.8 Å². The molecule has 0 spiro atoms. The standard InChI is InChI=1S/C14H26N2O2/c1-10-13(4-3-7-15-10)14(18)16-8-5-12(6-9-16)11(2)17/h10-13,15,17H,3-9H2,1-2H3. The Morgan fingerprint density at radius 1 is 1.33 bits per heavy atom. The SMILES string of the molecule is CC(O)C1CCN(C(=O)C2CCCNC2C)CC1. The van der Waals surface area contributed by atoms with Gasteiger partial charge in [-0.25, -0.2) is 0 Å². The van der Waals surface area contributed by atoms with E-state index in [4.69, 9.17) is 0 Å². The van der Waals surface area contributed by atoms with Crippen LogP contribution in [-0.2, 0) is 4.79 Å². The molecule has 4 nitrogen and oxygen atoms in total. The van der Waals surface area contributed by atoms with Gasteiger partial charge in [-0.2, -0.15) is 0 Å². The monoisotopic (exact) mass is 254 g/mol. The van der Waals surface area contributed by atoms with E-state index >= 15 is 0 Å². The summed E-state index contributed by atoms with van der Waals surface area (Å²) < 4.78 is 0. The summed E-state index contributed by atoms with van der Waals surface area (Å²) in [4.78, 5) is 14.5. The van der Waals surface area contributed by atoms with Crippen LogP contribution in [0.15, 0.2) is 0 Å². The zero-order valence-corrected chi connectivity index (χ0v) is 11.6. The molecule has 0 aromatic rings. The third-order valence-electron chi connectivity index (χ3n) is 4.61. The van der Waals surface area contributed by atoms with Gasteiger partial charge >= 0.3 is 0 Å². The molecule has 2 fully saturated rings. The lowest BCUT2D eigenvalue weighted by Gasteiger charge is -2.38. The Morgan fingerprint density at radius 3 is 2.56 bits per heavy atom. The van der Waals surface area contributed by atoms with Gasteiger partial charge in [0.1, 0.15) is 0 Å². The van der Waals surface area contributed by atoms with Crippen molar-refractivity contribution in [3.63, 3.8) is 0 Å². The number of nitrogens with one attached hydrogen (secondary N) is 1. The molecule has 0 aliphatic carbocycles. The fourth-order valence-corrected chi connectivity index (χ4v) is 3.22. The van der Waals surface area contributed by atoms with Gasteiger partial charge in [-0.05, 0) is 52.0 Å². The Morgan fingerprint density at radius 2 is 2.00 bits per heavy atom. The molecule has 18 heavy (non-hydrogen) atoms. The molecule has 0 saturated carbocycles. The minimum absolute atomic E-state index is 0.154. The van der Waals surface area contributed by atoms with Crippen LogP contribution in [-0.4, -0.2) is 47.7 Å². The summed E-state index contributed by atoms with van der Waals surface area (Å²) in [6.45, 7) is 6.64. The van der Waals surface area contributed by atoms with Crippen LogP contribution in [0.3, 0.4) is 0 Å². The average Bonchev–Trinajstić information content (AvgIpc) is 2.38. The second-order valence-electron chi connectivity index (χ2n) is 5.89. The average molecular weight is 254 g/mol. The number of amides is 1. The smallest absolute Gasteiger partial charge is 0.227 e. The van der Waals surface area contributed by atoms with E-state index in [-0.39, 0.29) is 12.0 Å². The van der Waals surface area contributed by atoms with Crippen LogP contribution in [0.5, 0.6) is 0 Å². The molecule has 2 aliphatic rings. The lowest BCUT2D eigenvalue weighted by atomic mass is 9.88. The van der Waals surface area contributed by atoms with Gasteiger partial charge in [-0.3, -0.25) is 4.79 Å². The molecule has 4 heteroatoms. The fourth-order valence-electron chi connectivity index (χ4n) is 3.22. The van der Waals surface area contributed by atoms with Gasteiger partial charge in [-0.1, -0.05) is 0 Å². The molecule has 1 amide bonds. The topological polar surface area (TPSA) is 52.6 Å². The Labute approximate surface area is 110 Å². The number of nitrogens with zero attached hydrogens (tertiary/aromatic N) is 1. The van der Waals surface area contributed by atoms with E-state index in [9.17, 15) is 9.90 Å². The molecule has 3 atom stereocenters. The zero-order valence-electron chi connectivity index (χ0n) is 11.6. The van der Waals surface area contributed by atoms with Crippen molar-refractivity contribution in [1.29, 1.82) is 0 Å². The van der Waals surface area contributed by atoms with Gasteiger partial charge in [0.25, 0.3) is 0 Å². The summed E-state index contributed by atoms with van der Waals surface area (Å²) in [5.41, 5.74) is 0. The lowest BCUT2D eigenvalue weighted by molar-refractivity contribution is -0.139. The van der Waals surface area contributed by atoms with E-state index in [0.29, 0.717) is 17.9 Å². The molecule has 104 valence electrons. The van der Waals surface area contributed by atoms with Gasteiger partial charge in [0, 0.05) is 19.1 Å². The number of carbonyl (C=O) groups excluding carboxylic acids is 1. The summed E-state index contributed by atoms with van der Waals surface area (Å²) in [5, 5.41) is 13.0. The summed E-state index contributed by atoms with van der Waals surface area (Å²) in [6, 6.07) is 0.306. The molecular weight excluding hydrogens is 228 g/mol. The Bertz CT molecular complexity index is 286. The van der Waals surface area contributed by atoms with Crippen molar-refractivity contribution >= 4 is 5.91 Å². The second kappa shape index (κ2) is 6.02. The maximum absolute atomic E-state index is 12.5. The number of likely N-dealkylation sites (tertiary alicyclic amines) is 1. The van der Waals surface area contributed by atoms with Crippen LogP contribution in [0.2, 0.25) is 0 Å². The minimum Gasteiger partial charge on any atom is -0.393 e. The van der Waals surface area contributed by atoms with Crippen LogP contribution in [0.25, 0.3) is 0 Å². The fraction of sp³-hybridized carbons (Fsp3) is 0.929. The number of piperidine rings is 2. The van der Waals surface area contributed by atoms with E-state index in [2.05, 4.69) is 12.2 Å². The summed E-state index contributed by atoms with van der Waals surface area (Å²) in [5.74, 6) is 0.844. The lowest BCUT2D eigenvalue weighted by Crippen LogP contribution is -2.50. The normalized spacial score (nSPS) is 32.3. The highest BCUT2D eigenvalue weighted by atomic mass is 16.3. The molecule has 0 bridgehead atoms. The Balaban J connectivity index is 1.87. The number of rotatable bonds is 2. The molecule has 0 radical (unpaired) electrons. The first-order chi connectivity index (χ1) is 8.59. The van der Waals surface area contributed by atoms with Crippen molar-refractivity contribution in [3.05, 3.63) is 0 Å². The van der Waals surface area contributed by atoms with E-state index in [1.807, 2.05) is 11.8 Å². The Hall–Kier alpha value is -0.610. The first kappa shape index (κ1) is 13.8. The van der Waals surface area contributed by atoms with E-state index in [0.717, 1.165) is 45.3 Å². The zero-order chi connectivity index (χ0) is 13.1. The molecule has 2 saturated heterocycles. The highest BCUT2D eigenvalue weighted by Gasteiger charge is 2.33. The van der Waals surface area contributed by atoms with E-state index in [1.54, 1.807) is 0 Å². The second-order valence-corrected chi connectivity index (χ2v) is 5.89. The van der Waals surface area contributed by atoms with Gasteiger partial charge in [-0.15, -0.1) is 0 Å². The number of aliphatic hydroxyl groups is 1. The van der Waals surface area contributed by atoms with Crippen LogP contribution in [0.4, 0.5) is 0 Å².